The molecular formula is C25H16BrN5O11. The Morgan fingerprint density at radius 2 is 1.60 bits per heavy atom. The fraction of sp³-hybridized carbons (Fsp3) is 0.0800. The van der Waals surface area contributed by atoms with Crippen LogP contribution >= 0.6 is 15.9 Å². The van der Waals surface area contributed by atoms with Crippen molar-refractivity contribution in [3.8, 4) is 17.2 Å². The van der Waals surface area contributed by atoms with Crippen LogP contribution in [0.25, 0.3) is 6.08 Å². The van der Waals surface area contributed by atoms with E-state index >= 15 is 0 Å². The van der Waals surface area contributed by atoms with E-state index in [0.717, 1.165) is 30.3 Å². The van der Waals surface area contributed by atoms with Gasteiger partial charge >= 0.3 is 11.7 Å². The second-order valence-electron chi connectivity index (χ2n) is 8.27. The Morgan fingerprint density at radius 3 is 2.24 bits per heavy atom. The van der Waals surface area contributed by atoms with Crippen molar-refractivity contribution in [2.75, 3.05) is 11.5 Å². The van der Waals surface area contributed by atoms with Crippen LogP contribution in [0.15, 0.2) is 64.6 Å². The predicted molar refractivity (Wildman–Crippen MR) is 147 cm³/mol. The van der Waals surface area contributed by atoms with Gasteiger partial charge in [-0.3, -0.25) is 45.2 Å². The van der Waals surface area contributed by atoms with Crippen molar-refractivity contribution >= 4 is 62.6 Å². The fourth-order valence-electron chi connectivity index (χ4n) is 3.80. The number of halogens is 1. The van der Waals surface area contributed by atoms with Gasteiger partial charge in [-0.2, -0.15) is 0 Å². The normalized spacial score (nSPS) is 14.0. The molecule has 0 aromatic heterocycles. The van der Waals surface area contributed by atoms with Crippen LogP contribution in [0.1, 0.15) is 12.5 Å². The summed E-state index contributed by atoms with van der Waals surface area (Å²) in [7, 11) is 0. The highest BCUT2D eigenvalue weighted by Gasteiger charge is 2.37. The van der Waals surface area contributed by atoms with E-state index < -0.39 is 49.6 Å². The Bertz CT molecular complexity index is 1720. The third-order valence-electron chi connectivity index (χ3n) is 5.61. The molecule has 4 amide bonds. The first-order chi connectivity index (χ1) is 19.9. The summed E-state index contributed by atoms with van der Waals surface area (Å²) < 4.78 is 11.5. The van der Waals surface area contributed by atoms with Gasteiger partial charge in [0.25, 0.3) is 23.2 Å². The highest BCUT2D eigenvalue weighted by Crippen LogP contribution is 2.43. The zero-order valence-electron chi connectivity index (χ0n) is 21.1. The summed E-state index contributed by atoms with van der Waals surface area (Å²) in [6.45, 7) is 1.73. The van der Waals surface area contributed by atoms with Crippen LogP contribution in [0.5, 0.6) is 17.2 Å². The second kappa shape index (κ2) is 11.8. The third-order valence-corrected chi connectivity index (χ3v) is 6.19. The molecule has 1 saturated heterocycles. The van der Waals surface area contributed by atoms with Gasteiger partial charge in [0, 0.05) is 18.2 Å². The van der Waals surface area contributed by atoms with Gasteiger partial charge in [-0.1, -0.05) is 6.07 Å². The number of ether oxygens (including phenoxy) is 2. The van der Waals surface area contributed by atoms with Crippen molar-refractivity contribution in [2.24, 2.45) is 0 Å². The lowest BCUT2D eigenvalue weighted by atomic mass is 10.1. The Kier molecular flexibility index (Phi) is 8.23. The largest absolute Gasteiger partial charge is 0.490 e. The van der Waals surface area contributed by atoms with Gasteiger partial charge in [0.15, 0.2) is 11.5 Å². The number of hydrogen-bond donors (Lipinski definition) is 1. The number of carbonyl (C=O) groups excluding carboxylic acids is 3. The molecule has 0 saturated carbocycles. The number of non-ortho nitro benzene ring substituents is 2. The average Bonchev–Trinajstić information content (AvgIpc) is 2.93. The van der Waals surface area contributed by atoms with E-state index in [1.807, 2.05) is 5.32 Å². The molecule has 0 atom stereocenters. The quantitative estimate of drug-likeness (QED) is 0.141. The molecule has 1 aliphatic rings. The third kappa shape index (κ3) is 5.89. The molecule has 1 aliphatic heterocycles. The SMILES string of the molecule is CCOc1cc(/C=C2\C(=O)NC(=O)N(c3cccc([N+](=O)[O-])c3)C2=O)cc(Br)c1Oc1ccc([N+](=O)[O-])cc1[N+](=O)[O-]. The number of hydrogen-bond acceptors (Lipinski definition) is 11. The number of nitro benzene ring substituents is 3. The molecule has 1 fully saturated rings. The van der Waals surface area contributed by atoms with Gasteiger partial charge in [0.1, 0.15) is 5.57 Å². The monoisotopic (exact) mass is 641 g/mol. The Labute approximate surface area is 242 Å². The van der Waals surface area contributed by atoms with E-state index in [0.29, 0.717) is 4.90 Å². The molecule has 17 heteroatoms. The standard InChI is InChI=1S/C25H16BrN5O11/c1-2-41-21-10-13(9-18(26)22(21)42-20-7-6-16(30(37)38)12-19(20)31(39)40)8-17-23(32)27-25(34)28(24(17)33)14-4-3-5-15(11-14)29(35)36/h3-12H,2H2,1H3,(H,27,32,34)/b17-8+. The van der Waals surface area contributed by atoms with E-state index in [1.54, 1.807) is 6.92 Å². The molecule has 0 unspecified atom stereocenters. The van der Waals surface area contributed by atoms with Crippen LogP contribution in [-0.2, 0) is 9.59 Å². The maximum absolute atomic E-state index is 13.2. The number of benzene rings is 3. The lowest BCUT2D eigenvalue weighted by Crippen LogP contribution is -2.54. The van der Waals surface area contributed by atoms with Crippen LogP contribution in [-0.4, -0.2) is 39.2 Å². The first kappa shape index (κ1) is 29.3. The highest BCUT2D eigenvalue weighted by molar-refractivity contribution is 9.10. The first-order valence-electron chi connectivity index (χ1n) is 11.6. The lowest BCUT2D eigenvalue weighted by molar-refractivity contribution is -0.394. The van der Waals surface area contributed by atoms with Crippen LogP contribution in [0.4, 0.5) is 27.5 Å². The van der Waals surface area contributed by atoms with Gasteiger partial charge in [0.05, 0.1) is 37.6 Å². The molecule has 0 radical (unpaired) electrons. The number of nitrogens with one attached hydrogen (secondary N) is 1. The number of imide groups is 2. The molecular weight excluding hydrogens is 626 g/mol. The fourth-order valence-corrected chi connectivity index (χ4v) is 4.34. The zero-order chi connectivity index (χ0) is 30.7. The van der Waals surface area contributed by atoms with Crippen molar-refractivity contribution in [3.05, 3.63) is 101 Å². The van der Waals surface area contributed by atoms with Crippen molar-refractivity contribution in [1.82, 2.24) is 5.32 Å². The number of nitrogens with zero attached hydrogens (tertiary/aromatic N) is 4. The topological polar surface area (TPSA) is 214 Å². The van der Waals surface area contributed by atoms with E-state index in [9.17, 15) is 44.7 Å². The minimum atomic E-state index is -1.10. The van der Waals surface area contributed by atoms with Gasteiger partial charge in [0.2, 0.25) is 5.75 Å². The average molecular weight is 642 g/mol. The molecule has 4 rings (SSSR count). The van der Waals surface area contributed by atoms with Gasteiger partial charge < -0.3 is 9.47 Å². The summed E-state index contributed by atoms with van der Waals surface area (Å²) >= 11 is 3.27. The number of rotatable bonds is 9. The van der Waals surface area contributed by atoms with E-state index in [1.165, 1.54) is 30.3 Å². The number of amides is 4. The molecule has 3 aromatic carbocycles. The molecule has 0 spiro atoms. The molecule has 1 heterocycles. The minimum Gasteiger partial charge on any atom is -0.490 e. The Balaban J connectivity index is 1.74. The van der Waals surface area contributed by atoms with Gasteiger partial charge in [-0.05, 0) is 58.8 Å². The van der Waals surface area contributed by atoms with Gasteiger partial charge in [-0.15, -0.1) is 0 Å². The van der Waals surface area contributed by atoms with Crippen LogP contribution in [0, 0.1) is 30.3 Å². The van der Waals surface area contributed by atoms with Crippen LogP contribution in [0.2, 0.25) is 0 Å². The summed E-state index contributed by atoms with van der Waals surface area (Å²) in [4.78, 5) is 70.3. The lowest BCUT2D eigenvalue weighted by Gasteiger charge is -2.26. The smallest absolute Gasteiger partial charge is 0.335 e. The Hall–Kier alpha value is -5.71. The first-order valence-corrected chi connectivity index (χ1v) is 12.4. The molecule has 0 bridgehead atoms. The van der Waals surface area contributed by atoms with E-state index in [2.05, 4.69) is 15.9 Å². The van der Waals surface area contributed by atoms with E-state index in [4.69, 9.17) is 9.47 Å². The minimum absolute atomic E-state index is 0.0154. The summed E-state index contributed by atoms with van der Waals surface area (Å²) in [5.41, 5.74) is -2.02. The zero-order valence-corrected chi connectivity index (χ0v) is 22.7. The molecule has 214 valence electrons. The maximum atomic E-state index is 13.2. The van der Waals surface area contributed by atoms with Crippen molar-refractivity contribution in [1.29, 1.82) is 0 Å². The van der Waals surface area contributed by atoms with Crippen molar-refractivity contribution < 1.29 is 38.6 Å². The Morgan fingerprint density at radius 1 is 0.905 bits per heavy atom. The van der Waals surface area contributed by atoms with Crippen LogP contribution in [0.3, 0.4) is 0 Å². The number of carbonyl (C=O) groups is 3. The summed E-state index contributed by atoms with van der Waals surface area (Å²) in [6.07, 6.45) is 1.14. The number of urea groups is 1. The summed E-state index contributed by atoms with van der Waals surface area (Å²) in [5, 5.41) is 35.8. The maximum Gasteiger partial charge on any atom is 0.335 e. The summed E-state index contributed by atoms with van der Waals surface area (Å²) in [6, 6.07) is 9.17. The van der Waals surface area contributed by atoms with Gasteiger partial charge in [-0.25, -0.2) is 9.69 Å². The highest BCUT2D eigenvalue weighted by atomic mass is 79.9. The molecule has 42 heavy (non-hydrogen) atoms. The van der Waals surface area contributed by atoms with Crippen molar-refractivity contribution in [3.63, 3.8) is 0 Å². The summed E-state index contributed by atoms with van der Waals surface area (Å²) in [5.74, 6) is -2.44. The van der Waals surface area contributed by atoms with Crippen molar-refractivity contribution in [2.45, 2.75) is 6.92 Å². The van der Waals surface area contributed by atoms with Crippen LogP contribution < -0.4 is 19.7 Å². The molecule has 1 N–H and O–H groups in total. The second-order valence-corrected chi connectivity index (χ2v) is 9.12. The molecule has 3 aromatic rings. The van der Waals surface area contributed by atoms with E-state index in [-0.39, 0.29) is 45.3 Å². The molecule has 16 nitrogen and oxygen atoms in total. The predicted octanol–water partition coefficient (Wildman–Crippen LogP) is 5.03. The number of nitro groups is 3. The molecule has 0 aliphatic carbocycles. The number of anilines is 1. The number of barbiturate groups is 1.